The van der Waals surface area contributed by atoms with Gasteiger partial charge < -0.3 is 5.32 Å². The summed E-state index contributed by atoms with van der Waals surface area (Å²) in [6.07, 6.45) is 0.378. The summed E-state index contributed by atoms with van der Waals surface area (Å²) in [6, 6.07) is 0. The van der Waals surface area contributed by atoms with E-state index < -0.39 is 0 Å². The number of likely N-dealkylation sites (N-methyl/N-ethyl adjacent to an activating group) is 1. The zero-order valence-corrected chi connectivity index (χ0v) is 11.3. The van der Waals surface area contributed by atoms with Crippen molar-refractivity contribution < 1.29 is 4.79 Å². The minimum atomic E-state index is 0.0355. The molecule has 1 rings (SSSR count). The molecule has 0 aliphatic heterocycles. The van der Waals surface area contributed by atoms with Crippen molar-refractivity contribution in [2.45, 2.75) is 24.6 Å². The molecule has 3 nitrogen and oxygen atoms in total. The van der Waals surface area contributed by atoms with Crippen molar-refractivity contribution in [3.63, 3.8) is 0 Å². The van der Waals surface area contributed by atoms with Crippen molar-refractivity contribution in [1.29, 1.82) is 0 Å². The smallest absolute Gasteiger partial charge is 0.226 e. The fourth-order valence-corrected chi connectivity index (χ4v) is 3.45. The third kappa shape index (κ3) is 4.04. The number of thioether (sulfide) groups is 1. The molecule has 84 valence electrons. The van der Waals surface area contributed by atoms with Crippen LogP contribution >= 0.6 is 35.7 Å². The van der Waals surface area contributed by atoms with Crippen LogP contribution in [0.15, 0.2) is 4.34 Å². The molecule has 0 fully saturated rings. The van der Waals surface area contributed by atoms with Crippen molar-refractivity contribution in [2.75, 3.05) is 11.6 Å². The van der Waals surface area contributed by atoms with Crippen LogP contribution in [0, 0.1) is 6.92 Å². The van der Waals surface area contributed by atoms with Gasteiger partial charge in [-0.15, -0.1) is 11.3 Å². The van der Waals surface area contributed by atoms with Crippen molar-refractivity contribution in [2.24, 2.45) is 0 Å². The second-order valence-corrected chi connectivity index (χ2v) is 6.06. The number of nitrogens with zero attached hydrogens (tertiary/aromatic N) is 1. The first-order valence-electron chi connectivity index (χ1n) is 4.64. The normalized spacial score (nSPS) is 10.3. The van der Waals surface area contributed by atoms with Crippen LogP contribution in [0.3, 0.4) is 0 Å². The van der Waals surface area contributed by atoms with E-state index in [9.17, 15) is 4.79 Å². The summed E-state index contributed by atoms with van der Waals surface area (Å²) in [7, 11) is 0. The summed E-state index contributed by atoms with van der Waals surface area (Å²) < 4.78 is 0.988. The number of aryl methyl sites for hydroxylation is 1. The van der Waals surface area contributed by atoms with Crippen LogP contribution in [-0.4, -0.2) is 22.5 Å². The highest BCUT2D eigenvalue weighted by Gasteiger charge is 2.11. The Morgan fingerprint density at radius 3 is 3.00 bits per heavy atom. The number of carbonyl (C=O) groups excluding carboxylic acids is 1. The monoisotopic (exact) mass is 262 g/mol. The number of amides is 1. The Bertz CT molecular complexity index is 338. The van der Waals surface area contributed by atoms with Crippen molar-refractivity contribution in [1.82, 2.24) is 10.3 Å². The molecule has 1 aromatic heterocycles. The fourth-order valence-electron chi connectivity index (χ4n) is 1.09. The molecule has 0 atom stereocenters. The lowest BCUT2D eigenvalue weighted by molar-refractivity contribution is -0.120. The zero-order chi connectivity index (χ0) is 11.3. The van der Waals surface area contributed by atoms with E-state index in [0.717, 1.165) is 14.9 Å². The summed E-state index contributed by atoms with van der Waals surface area (Å²) in [5.41, 5.74) is 0.884. The van der Waals surface area contributed by atoms with Gasteiger partial charge in [0.25, 0.3) is 0 Å². The van der Waals surface area contributed by atoms with Gasteiger partial charge in [-0.25, -0.2) is 4.98 Å². The van der Waals surface area contributed by atoms with Gasteiger partial charge in [-0.2, -0.15) is 12.6 Å². The number of hydrogen-bond donors (Lipinski definition) is 2. The molecule has 0 unspecified atom stereocenters. The van der Waals surface area contributed by atoms with Gasteiger partial charge in [-0.3, -0.25) is 4.79 Å². The number of nitrogens with one attached hydrogen (secondary N) is 1. The topological polar surface area (TPSA) is 42.0 Å². The maximum absolute atomic E-state index is 11.4. The highest BCUT2D eigenvalue weighted by atomic mass is 32.2. The maximum atomic E-state index is 11.4. The molecule has 1 N–H and O–H groups in total. The zero-order valence-electron chi connectivity index (χ0n) is 8.74. The molecular weight excluding hydrogens is 248 g/mol. The van der Waals surface area contributed by atoms with Gasteiger partial charge in [-0.05, 0) is 13.8 Å². The molecule has 1 aromatic rings. The number of thiazole rings is 1. The molecule has 0 bridgehead atoms. The Balaban J connectivity index is 2.64. The highest BCUT2D eigenvalue weighted by Crippen LogP contribution is 2.27. The van der Waals surface area contributed by atoms with Crippen LogP contribution < -0.4 is 5.32 Å². The lowest BCUT2D eigenvalue weighted by atomic mass is 10.3. The fraction of sp³-hybridized carbons (Fsp3) is 0.556. The van der Waals surface area contributed by atoms with E-state index in [-0.39, 0.29) is 5.91 Å². The average molecular weight is 262 g/mol. The van der Waals surface area contributed by atoms with Crippen molar-refractivity contribution >= 4 is 41.6 Å². The van der Waals surface area contributed by atoms with Crippen LogP contribution in [0.25, 0.3) is 0 Å². The Morgan fingerprint density at radius 2 is 2.40 bits per heavy atom. The van der Waals surface area contributed by atoms with Crippen LogP contribution in [-0.2, 0) is 11.2 Å². The van der Waals surface area contributed by atoms with Crippen LogP contribution in [0.1, 0.15) is 17.5 Å². The molecular formula is C9H14N2OS3. The number of hydrogen-bond acceptors (Lipinski definition) is 5. The first-order valence-corrected chi connectivity index (χ1v) is 7.07. The van der Waals surface area contributed by atoms with Gasteiger partial charge >= 0.3 is 0 Å². The van der Waals surface area contributed by atoms with Crippen LogP contribution in [0.5, 0.6) is 0 Å². The second kappa shape index (κ2) is 6.40. The third-order valence-electron chi connectivity index (χ3n) is 1.76. The Labute approximate surface area is 103 Å². The van der Waals surface area contributed by atoms with E-state index in [2.05, 4.69) is 22.9 Å². The van der Waals surface area contributed by atoms with Crippen LogP contribution in [0.2, 0.25) is 0 Å². The molecule has 15 heavy (non-hydrogen) atoms. The maximum Gasteiger partial charge on any atom is 0.226 e. The summed E-state index contributed by atoms with van der Waals surface area (Å²) in [5, 5.41) is 3.48. The quantitative estimate of drug-likeness (QED) is 0.485. The SMILES string of the molecule is CCNC(=O)Cc1nc(SCS)sc1C. The summed E-state index contributed by atoms with van der Waals surface area (Å²) in [4.78, 5) is 16.9. The van der Waals surface area contributed by atoms with Gasteiger partial charge in [-0.1, -0.05) is 11.8 Å². The largest absolute Gasteiger partial charge is 0.356 e. The van der Waals surface area contributed by atoms with E-state index in [0.29, 0.717) is 18.1 Å². The molecule has 1 amide bonds. The summed E-state index contributed by atoms with van der Waals surface area (Å²) >= 11 is 7.34. The summed E-state index contributed by atoms with van der Waals surface area (Å²) in [6.45, 7) is 4.57. The Morgan fingerprint density at radius 1 is 1.67 bits per heavy atom. The van der Waals surface area contributed by atoms with Gasteiger partial charge in [0.05, 0.1) is 12.1 Å². The molecule has 0 saturated carbocycles. The predicted octanol–water partition coefficient (Wildman–Crippen LogP) is 2.11. The number of thiol groups is 1. The molecule has 0 radical (unpaired) electrons. The van der Waals surface area contributed by atoms with Gasteiger partial charge in [0.2, 0.25) is 5.91 Å². The molecule has 0 aromatic carbocycles. The Kier molecular flexibility index (Phi) is 5.49. The minimum absolute atomic E-state index is 0.0355. The molecule has 0 aliphatic carbocycles. The first kappa shape index (κ1) is 12.9. The van der Waals surface area contributed by atoms with Gasteiger partial charge in [0.1, 0.15) is 0 Å². The predicted molar refractivity (Wildman–Crippen MR) is 68.9 cm³/mol. The van der Waals surface area contributed by atoms with E-state index in [1.54, 1.807) is 23.1 Å². The van der Waals surface area contributed by atoms with Gasteiger partial charge in [0, 0.05) is 16.5 Å². The number of carbonyl (C=O) groups is 1. The molecule has 0 aliphatic rings. The standard InChI is InChI=1S/C9H14N2OS3/c1-3-10-8(12)4-7-6(2)15-9(11-7)14-5-13/h13H,3-5H2,1-2H3,(H,10,12). The van der Waals surface area contributed by atoms with E-state index in [4.69, 9.17) is 0 Å². The second-order valence-electron chi connectivity index (χ2n) is 2.89. The number of rotatable bonds is 5. The average Bonchev–Trinajstić information content (AvgIpc) is 2.48. The number of aromatic nitrogens is 1. The Hall–Kier alpha value is -0.200. The van der Waals surface area contributed by atoms with Crippen molar-refractivity contribution in [3.05, 3.63) is 10.6 Å². The van der Waals surface area contributed by atoms with E-state index in [1.165, 1.54) is 0 Å². The third-order valence-corrected chi connectivity index (χ3v) is 4.03. The molecule has 6 heteroatoms. The summed E-state index contributed by atoms with van der Waals surface area (Å²) in [5.74, 6) is 0.0355. The van der Waals surface area contributed by atoms with E-state index >= 15 is 0 Å². The van der Waals surface area contributed by atoms with Crippen molar-refractivity contribution in [3.8, 4) is 0 Å². The lowest BCUT2D eigenvalue weighted by Crippen LogP contribution is -2.24. The first-order chi connectivity index (χ1) is 7.17. The lowest BCUT2D eigenvalue weighted by Gasteiger charge is -1.99. The minimum Gasteiger partial charge on any atom is -0.356 e. The van der Waals surface area contributed by atoms with Gasteiger partial charge in [0.15, 0.2) is 4.34 Å². The highest BCUT2D eigenvalue weighted by molar-refractivity contribution is 8.10. The van der Waals surface area contributed by atoms with E-state index in [1.807, 2.05) is 13.8 Å². The van der Waals surface area contributed by atoms with Crippen LogP contribution in [0.4, 0.5) is 0 Å². The molecule has 0 saturated heterocycles. The molecule has 0 spiro atoms. The molecule has 1 heterocycles.